The van der Waals surface area contributed by atoms with Crippen molar-refractivity contribution >= 4 is 11.6 Å². The highest BCUT2D eigenvalue weighted by Gasteiger charge is 2.00. The fourth-order valence-electron chi connectivity index (χ4n) is 1.76. The van der Waals surface area contributed by atoms with Crippen LogP contribution in [0, 0.1) is 13.8 Å². The number of alkyl halides is 1. The van der Waals surface area contributed by atoms with Crippen molar-refractivity contribution in [2.45, 2.75) is 19.7 Å². The first kappa shape index (κ1) is 11.2. The fraction of sp³-hybridized carbons (Fsp3) is 0.200. The normalized spacial score (nSPS) is 10.4. The largest absolute Gasteiger partial charge is 0.122 e. The first-order valence-electron chi connectivity index (χ1n) is 5.43. The minimum absolute atomic E-state index is 0.568. The van der Waals surface area contributed by atoms with Gasteiger partial charge in [0.25, 0.3) is 0 Å². The molecule has 0 unspecified atom stereocenters. The third-order valence-corrected chi connectivity index (χ3v) is 3.23. The van der Waals surface area contributed by atoms with Gasteiger partial charge in [-0.2, -0.15) is 0 Å². The van der Waals surface area contributed by atoms with Gasteiger partial charge in [-0.3, -0.25) is 0 Å². The van der Waals surface area contributed by atoms with E-state index in [0.717, 1.165) is 5.56 Å². The monoisotopic (exact) mass is 230 g/mol. The molecule has 0 aliphatic rings. The fourth-order valence-corrected chi connectivity index (χ4v) is 1.92. The van der Waals surface area contributed by atoms with Crippen LogP contribution in [0.5, 0.6) is 0 Å². The van der Waals surface area contributed by atoms with Crippen molar-refractivity contribution in [2.75, 3.05) is 0 Å². The van der Waals surface area contributed by atoms with E-state index < -0.39 is 0 Å². The lowest BCUT2D eigenvalue weighted by Crippen LogP contribution is -1.85. The number of hydrogen-bond donors (Lipinski definition) is 0. The Hall–Kier alpha value is -1.27. The Kier molecular flexibility index (Phi) is 3.31. The van der Waals surface area contributed by atoms with Gasteiger partial charge in [0, 0.05) is 5.88 Å². The topological polar surface area (TPSA) is 0 Å². The number of hydrogen-bond acceptors (Lipinski definition) is 0. The highest BCUT2D eigenvalue weighted by molar-refractivity contribution is 6.17. The van der Waals surface area contributed by atoms with Gasteiger partial charge in [-0.15, -0.1) is 11.6 Å². The van der Waals surface area contributed by atoms with E-state index in [4.69, 9.17) is 11.6 Å². The van der Waals surface area contributed by atoms with E-state index in [1.54, 1.807) is 0 Å². The molecule has 16 heavy (non-hydrogen) atoms. The predicted molar refractivity (Wildman–Crippen MR) is 70.9 cm³/mol. The third kappa shape index (κ3) is 2.28. The second kappa shape index (κ2) is 4.71. The maximum absolute atomic E-state index is 5.84. The standard InChI is InChI=1S/C15H15Cl/c1-11-6-7-15(8-12(11)2)14-5-3-4-13(9-14)10-16/h3-9H,10H2,1-2H3. The van der Waals surface area contributed by atoms with E-state index >= 15 is 0 Å². The summed E-state index contributed by atoms with van der Waals surface area (Å²) in [6, 6.07) is 14.9. The van der Waals surface area contributed by atoms with E-state index in [0.29, 0.717) is 5.88 Å². The molecule has 0 aliphatic carbocycles. The van der Waals surface area contributed by atoms with Gasteiger partial charge in [-0.05, 0) is 47.7 Å². The zero-order chi connectivity index (χ0) is 11.5. The van der Waals surface area contributed by atoms with Crippen LogP contribution < -0.4 is 0 Å². The summed E-state index contributed by atoms with van der Waals surface area (Å²) in [4.78, 5) is 0. The van der Waals surface area contributed by atoms with Gasteiger partial charge in [-0.1, -0.05) is 36.4 Å². The average molecular weight is 231 g/mol. The molecular weight excluding hydrogens is 216 g/mol. The Morgan fingerprint density at radius 3 is 2.31 bits per heavy atom. The summed E-state index contributed by atoms with van der Waals surface area (Å²) in [7, 11) is 0. The molecule has 2 aromatic rings. The molecule has 0 saturated carbocycles. The third-order valence-electron chi connectivity index (χ3n) is 2.92. The van der Waals surface area contributed by atoms with E-state index in [-0.39, 0.29) is 0 Å². The Balaban J connectivity index is 2.46. The molecule has 82 valence electrons. The minimum Gasteiger partial charge on any atom is -0.122 e. The highest BCUT2D eigenvalue weighted by atomic mass is 35.5. The predicted octanol–water partition coefficient (Wildman–Crippen LogP) is 4.71. The van der Waals surface area contributed by atoms with Crippen molar-refractivity contribution in [2.24, 2.45) is 0 Å². The van der Waals surface area contributed by atoms with Crippen LogP contribution in [0.4, 0.5) is 0 Å². The van der Waals surface area contributed by atoms with E-state index in [2.05, 4.69) is 56.3 Å². The van der Waals surface area contributed by atoms with E-state index in [1.807, 2.05) is 0 Å². The molecule has 0 heterocycles. The van der Waals surface area contributed by atoms with Crippen LogP contribution in [0.15, 0.2) is 42.5 Å². The second-order valence-electron chi connectivity index (χ2n) is 4.13. The molecule has 0 atom stereocenters. The SMILES string of the molecule is Cc1ccc(-c2cccc(CCl)c2)cc1C. The molecule has 0 N–H and O–H groups in total. The Bertz CT molecular complexity index is 501. The van der Waals surface area contributed by atoms with Gasteiger partial charge in [0.05, 0.1) is 0 Å². The van der Waals surface area contributed by atoms with Crippen molar-refractivity contribution in [1.29, 1.82) is 0 Å². The van der Waals surface area contributed by atoms with Gasteiger partial charge in [0.2, 0.25) is 0 Å². The zero-order valence-corrected chi connectivity index (χ0v) is 10.4. The summed E-state index contributed by atoms with van der Waals surface area (Å²) < 4.78 is 0. The summed E-state index contributed by atoms with van der Waals surface area (Å²) in [5, 5.41) is 0. The van der Waals surface area contributed by atoms with Gasteiger partial charge in [0.1, 0.15) is 0 Å². The smallest absolute Gasteiger partial charge is 0.0474 e. The van der Waals surface area contributed by atoms with Crippen LogP contribution >= 0.6 is 11.6 Å². The van der Waals surface area contributed by atoms with Gasteiger partial charge in [-0.25, -0.2) is 0 Å². The van der Waals surface area contributed by atoms with Crippen molar-refractivity contribution in [3.63, 3.8) is 0 Å². The molecule has 0 spiro atoms. The molecule has 0 bridgehead atoms. The lowest BCUT2D eigenvalue weighted by molar-refractivity contribution is 1.34. The molecule has 0 amide bonds. The van der Waals surface area contributed by atoms with Crippen LogP contribution in [0.1, 0.15) is 16.7 Å². The molecule has 0 saturated heterocycles. The maximum atomic E-state index is 5.84. The van der Waals surface area contributed by atoms with E-state index in [1.165, 1.54) is 22.3 Å². The van der Waals surface area contributed by atoms with Crippen LogP contribution in [-0.2, 0) is 5.88 Å². The van der Waals surface area contributed by atoms with Crippen molar-refractivity contribution in [3.8, 4) is 11.1 Å². The summed E-state index contributed by atoms with van der Waals surface area (Å²) in [6.07, 6.45) is 0. The molecule has 2 rings (SSSR count). The Morgan fingerprint density at radius 1 is 0.875 bits per heavy atom. The van der Waals surface area contributed by atoms with Crippen LogP contribution in [-0.4, -0.2) is 0 Å². The highest BCUT2D eigenvalue weighted by Crippen LogP contribution is 2.23. The molecule has 0 radical (unpaired) electrons. The molecule has 0 aromatic heterocycles. The quantitative estimate of drug-likeness (QED) is 0.656. The van der Waals surface area contributed by atoms with Crippen LogP contribution in [0.25, 0.3) is 11.1 Å². The molecular formula is C15H15Cl. The summed E-state index contributed by atoms with van der Waals surface area (Å²) in [5.74, 6) is 0.568. The number of aryl methyl sites for hydroxylation is 2. The first-order valence-corrected chi connectivity index (χ1v) is 5.96. The van der Waals surface area contributed by atoms with Crippen molar-refractivity contribution in [1.82, 2.24) is 0 Å². The van der Waals surface area contributed by atoms with Crippen LogP contribution in [0.2, 0.25) is 0 Å². The van der Waals surface area contributed by atoms with Gasteiger partial charge >= 0.3 is 0 Å². The van der Waals surface area contributed by atoms with Gasteiger partial charge in [0.15, 0.2) is 0 Å². The summed E-state index contributed by atoms with van der Waals surface area (Å²) in [6.45, 7) is 4.28. The molecule has 0 fully saturated rings. The number of benzene rings is 2. The molecule has 2 aromatic carbocycles. The van der Waals surface area contributed by atoms with E-state index in [9.17, 15) is 0 Å². The van der Waals surface area contributed by atoms with Crippen molar-refractivity contribution in [3.05, 3.63) is 59.2 Å². The first-order chi connectivity index (χ1) is 7.70. The number of rotatable bonds is 2. The Morgan fingerprint density at radius 2 is 1.62 bits per heavy atom. The summed E-state index contributed by atoms with van der Waals surface area (Å²) in [5.41, 5.74) is 6.32. The lowest BCUT2D eigenvalue weighted by Gasteiger charge is -2.06. The number of halogens is 1. The van der Waals surface area contributed by atoms with Crippen LogP contribution in [0.3, 0.4) is 0 Å². The molecule has 1 heteroatoms. The van der Waals surface area contributed by atoms with Crippen molar-refractivity contribution < 1.29 is 0 Å². The minimum atomic E-state index is 0.568. The molecule has 0 aliphatic heterocycles. The Labute approximate surface area is 102 Å². The zero-order valence-electron chi connectivity index (χ0n) is 9.63. The lowest BCUT2D eigenvalue weighted by atomic mass is 9.99. The average Bonchev–Trinajstić information content (AvgIpc) is 2.33. The second-order valence-corrected chi connectivity index (χ2v) is 4.40. The maximum Gasteiger partial charge on any atom is 0.0474 e. The van der Waals surface area contributed by atoms with Gasteiger partial charge < -0.3 is 0 Å². The summed E-state index contributed by atoms with van der Waals surface area (Å²) >= 11 is 5.84. The molecule has 0 nitrogen and oxygen atoms in total.